The van der Waals surface area contributed by atoms with E-state index in [4.69, 9.17) is 9.51 Å². The fourth-order valence-electron chi connectivity index (χ4n) is 7.17. The third-order valence-corrected chi connectivity index (χ3v) is 7.80. The lowest BCUT2D eigenvalue weighted by atomic mass is 9.49. The molecule has 4 saturated carbocycles. The van der Waals surface area contributed by atoms with Gasteiger partial charge in [0.25, 0.3) is 0 Å². The molecule has 2 heterocycles. The zero-order valence-electron chi connectivity index (χ0n) is 16.7. The van der Waals surface area contributed by atoms with Gasteiger partial charge in [-0.2, -0.15) is 4.98 Å². The normalized spacial score (nSPS) is 31.1. The van der Waals surface area contributed by atoms with Crippen LogP contribution in [0.5, 0.6) is 0 Å². The topological polar surface area (TPSA) is 43.9 Å². The molecule has 0 radical (unpaired) electrons. The van der Waals surface area contributed by atoms with Crippen LogP contribution in [0.4, 0.5) is 0 Å². The van der Waals surface area contributed by atoms with Crippen molar-refractivity contribution >= 4 is 10.9 Å². The van der Waals surface area contributed by atoms with E-state index in [9.17, 15) is 0 Å². The van der Waals surface area contributed by atoms with Gasteiger partial charge >= 0.3 is 0 Å². The number of benzene rings is 1. The molecule has 7 rings (SSSR count). The monoisotopic (exact) mass is 375 g/mol. The molecule has 0 atom stereocenters. The molecule has 0 amide bonds. The summed E-state index contributed by atoms with van der Waals surface area (Å²) >= 11 is 0. The summed E-state index contributed by atoms with van der Waals surface area (Å²) in [6.45, 7) is 0. The maximum absolute atomic E-state index is 5.65. The number of hydrogen-bond donors (Lipinski definition) is 0. The average Bonchev–Trinajstić information content (AvgIpc) is 3.23. The Kier molecular flexibility index (Phi) is 3.72. The lowest BCUT2D eigenvalue weighted by molar-refractivity contribution is -0.0533. The molecule has 0 spiro atoms. The Morgan fingerprint density at radius 3 is 2.50 bits per heavy atom. The second kappa shape index (κ2) is 6.20. The molecule has 4 fully saturated rings. The molecule has 4 aliphatic carbocycles. The second-order valence-corrected chi connectivity index (χ2v) is 9.98. The third-order valence-electron chi connectivity index (χ3n) is 7.80. The van der Waals surface area contributed by atoms with Crippen molar-refractivity contribution in [2.24, 2.45) is 30.2 Å². The van der Waals surface area contributed by atoms with Crippen molar-refractivity contribution in [2.45, 2.75) is 57.8 Å². The van der Waals surface area contributed by atoms with Gasteiger partial charge in [0.05, 0.1) is 0 Å². The number of nitrogens with zero attached hydrogens (tertiary/aromatic N) is 3. The maximum Gasteiger partial charge on any atom is 0.226 e. The minimum atomic E-state index is 0.478. The molecular weight excluding hydrogens is 346 g/mol. The van der Waals surface area contributed by atoms with Crippen LogP contribution >= 0.6 is 0 Å². The van der Waals surface area contributed by atoms with Crippen LogP contribution in [0, 0.1) is 23.2 Å². The smallest absolute Gasteiger partial charge is 0.226 e. The molecule has 28 heavy (non-hydrogen) atoms. The Morgan fingerprint density at radius 2 is 1.75 bits per heavy atom. The Hall–Kier alpha value is -2.10. The first-order valence-corrected chi connectivity index (χ1v) is 11.0. The number of fused-ring (bicyclic) bond motifs is 1. The maximum atomic E-state index is 5.65. The van der Waals surface area contributed by atoms with E-state index in [0.717, 1.165) is 48.7 Å². The van der Waals surface area contributed by atoms with Gasteiger partial charge < -0.3 is 9.09 Å². The van der Waals surface area contributed by atoms with Crippen molar-refractivity contribution in [3.63, 3.8) is 0 Å². The van der Waals surface area contributed by atoms with E-state index in [0.29, 0.717) is 5.41 Å². The molecule has 0 unspecified atom stereocenters. The Bertz CT molecular complexity index is 979. The number of hydrogen-bond acceptors (Lipinski definition) is 3. The van der Waals surface area contributed by atoms with Gasteiger partial charge in [0.15, 0.2) is 5.82 Å². The standard InChI is InChI=1S/C24H29N3O/c1-27-15-19(20-4-2-3-5-21(20)27)6-7-23-25-22(26-28-23)14-24-11-16-8-17(12-24)10-18(9-16)13-24/h2-5,15-18H,6-14H2,1H3. The van der Waals surface area contributed by atoms with E-state index in [1.807, 2.05) is 0 Å². The first-order valence-electron chi connectivity index (χ1n) is 11.0. The van der Waals surface area contributed by atoms with Crippen LogP contribution in [-0.4, -0.2) is 14.7 Å². The highest BCUT2D eigenvalue weighted by Crippen LogP contribution is 2.60. The largest absolute Gasteiger partial charge is 0.350 e. The summed E-state index contributed by atoms with van der Waals surface area (Å²) in [6, 6.07) is 8.59. The molecule has 2 aromatic heterocycles. The number of aromatic nitrogens is 3. The minimum absolute atomic E-state index is 0.478. The van der Waals surface area contributed by atoms with Crippen LogP contribution in [0.1, 0.15) is 55.8 Å². The predicted molar refractivity (Wildman–Crippen MR) is 109 cm³/mol. The predicted octanol–water partition coefficient (Wildman–Crippen LogP) is 5.11. The van der Waals surface area contributed by atoms with Crippen molar-refractivity contribution in [1.82, 2.24) is 14.7 Å². The molecule has 4 bridgehead atoms. The van der Waals surface area contributed by atoms with E-state index in [1.165, 1.54) is 55.0 Å². The van der Waals surface area contributed by atoms with E-state index in [2.05, 4.69) is 47.2 Å². The first kappa shape index (κ1) is 16.8. The Morgan fingerprint density at radius 1 is 1.04 bits per heavy atom. The van der Waals surface area contributed by atoms with Crippen LogP contribution < -0.4 is 0 Å². The number of para-hydroxylation sites is 1. The number of aryl methyl sites for hydroxylation is 3. The summed E-state index contributed by atoms with van der Waals surface area (Å²) in [7, 11) is 2.11. The zero-order valence-corrected chi connectivity index (χ0v) is 16.7. The highest BCUT2D eigenvalue weighted by molar-refractivity contribution is 5.83. The van der Waals surface area contributed by atoms with Gasteiger partial charge in [0.2, 0.25) is 5.89 Å². The van der Waals surface area contributed by atoms with Crippen LogP contribution in [0.25, 0.3) is 10.9 Å². The van der Waals surface area contributed by atoms with E-state index in [-0.39, 0.29) is 0 Å². The average molecular weight is 376 g/mol. The van der Waals surface area contributed by atoms with E-state index < -0.39 is 0 Å². The molecule has 146 valence electrons. The zero-order chi connectivity index (χ0) is 18.7. The minimum Gasteiger partial charge on any atom is -0.350 e. The molecule has 0 aliphatic heterocycles. The fourth-order valence-corrected chi connectivity index (χ4v) is 7.17. The van der Waals surface area contributed by atoms with Crippen LogP contribution in [0.15, 0.2) is 35.0 Å². The van der Waals surface area contributed by atoms with Crippen molar-refractivity contribution in [3.05, 3.63) is 47.7 Å². The summed E-state index contributed by atoms with van der Waals surface area (Å²) in [5, 5.41) is 5.71. The fraction of sp³-hybridized carbons (Fsp3) is 0.583. The summed E-state index contributed by atoms with van der Waals surface area (Å²) in [6.07, 6.45) is 13.7. The van der Waals surface area contributed by atoms with Gasteiger partial charge in [-0.25, -0.2) is 0 Å². The molecule has 4 heteroatoms. The summed E-state index contributed by atoms with van der Waals surface area (Å²) in [4.78, 5) is 4.80. The van der Waals surface area contributed by atoms with Crippen molar-refractivity contribution in [2.75, 3.05) is 0 Å². The lowest BCUT2D eigenvalue weighted by Crippen LogP contribution is -2.47. The van der Waals surface area contributed by atoms with Gasteiger partial charge in [0, 0.05) is 37.0 Å². The van der Waals surface area contributed by atoms with Crippen molar-refractivity contribution in [1.29, 1.82) is 0 Å². The lowest BCUT2D eigenvalue weighted by Gasteiger charge is -2.56. The molecule has 4 aliphatic rings. The van der Waals surface area contributed by atoms with Crippen molar-refractivity contribution in [3.8, 4) is 0 Å². The molecule has 0 saturated heterocycles. The first-order chi connectivity index (χ1) is 13.7. The molecule has 1 aromatic carbocycles. The summed E-state index contributed by atoms with van der Waals surface area (Å²) in [5.41, 5.74) is 3.12. The summed E-state index contributed by atoms with van der Waals surface area (Å²) < 4.78 is 7.86. The van der Waals surface area contributed by atoms with Gasteiger partial charge in [-0.05, 0) is 79.7 Å². The van der Waals surface area contributed by atoms with Gasteiger partial charge in [-0.15, -0.1) is 0 Å². The van der Waals surface area contributed by atoms with Crippen molar-refractivity contribution < 1.29 is 4.52 Å². The Balaban J connectivity index is 1.16. The Labute approximate surface area is 166 Å². The van der Waals surface area contributed by atoms with Gasteiger partial charge in [0.1, 0.15) is 0 Å². The quantitative estimate of drug-likeness (QED) is 0.623. The van der Waals surface area contributed by atoms with Gasteiger partial charge in [-0.3, -0.25) is 0 Å². The van der Waals surface area contributed by atoms with Crippen LogP contribution in [0.3, 0.4) is 0 Å². The summed E-state index contributed by atoms with van der Waals surface area (Å²) in [5.74, 6) is 4.68. The SMILES string of the molecule is Cn1cc(CCc2nc(CC34CC5CC(CC(C5)C3)C4)no2)c2ccccc21. The second-order valence-electron chi connectivity index (χ2n) is 9.98. The molecule has 3 aromatic rings. The number of rotatable bonds is 5. The van der Waals surface area contributed by atoms with E-state index >= 15 is 0 Å². The molecule has 0 N–H and O–H groups in total. The molecular formula is C24H29N3O. The van der Waals surface area contributed by atoms with Gasteiger partial charge in [-0.1, -0.05) is 23.4 Å². The third kappa shape index (κ3) is 2.80. The highest BCUT2D eigenvalue weighted by atomic mass is 16.5. The van der Waals surface area contributed by atoms with Crippen LogP contribution in [-0.2, 0) is 26.3 Å². The molecule has 4 nitrogen and oxygen atoms in total. The van der Waals surface area contributed by atoms with E-state index in [1.54, 1.807) is 0 Å². The highest BCUT2D eigenvalue weighted by Gasteiger charge is 2.51. The van der Waals surface area contributed by atoms with Crippen LogP contribution in [0.2, 0.25) is 0 Å².